The van der Waals surface area contributed by atoms with Gasteiger partial charge in [0, 0.05) is 36.5 Å². The molecule has 3 heterocycles. The zero-order chi connectivity index (χ0) is 22.8. The maximum Gasteiger partial charge on any atom is 0.291 e. The predicted octanol–water partition coefficient (Wildman–Crippen LogP) is 2.79. The number of carbonyl (C=O) groups excluding carboxylic acids is 2. The predicted molar refractivity (Wildman–Crippen MR) is 129 cm³/mol. The average molecular weight is 463 g/mol. The van der Waals surface area contributed by atoms with E-state index in [-0.39, 0.29) is 11.7 Å². The zero-order valence-electron chi connectivity index (χ0n) is 18.5. The van der Waals surface area contributed by atoms with E-state index in [9.17, 15) is 9.59 Å². The number of likely N-dealkylation sites (N-methyl/N-ethyl adjacent to an activating group) is 1. The Labute approximate surface area is 197 Å². The molecule has 1 N–H and O–H groups in total. The Balaban J connectivity index is 1.27. The quantitative estimate of drug-likeness (QED) is 0.628. The number of thioether (sulfide) groups is 1. The van der Waals surface area contributed by atoms with Gasteiger partial charge in [-0.25, -0.2) is 9.67 Å². The fraction of sp³-hybridized carbons (Fsp3) is 0.333. The molecular formula is C24H26N6O2S. The molecule has 3 aromatic rings. The maximum atomic E-state index is 13.1. The third-order valence-corrected chi connectivity index (χ3v) is 7.18. The fourth-order valence-corrected chi connectivity index (χ4v) is 5.37. The summed E-state index contributed by atoms with van der Waals surface area (Å²) in [5, 5.41) is 7.13. The number of anilines is 2. The molecule has 2 aliphatic rings. The van der Waals surface area contributed by atoms with Gasteiger partial charge < -0.3 is 15.1 Å². The van der Waals surface area contributed by atoms with Gasteiger partial charge in [0.2, 0.25) is 11.7 Å². The molecule has 0 spiro atoms. The molecule has 0 bridgehead atoms. The van der Waals surface area contributed by atoms with Crippen molar-refractivity contribution in [3.05, 3.63) is 66.2 Å². The number of nitrogens with zero attached hydrogens (tertiary/aromatic N) is 5. The summed E-state index contributed by atoms with van der Waals surface area (Å²) in [5.74, 6) is -0.0783. The van der Waals surface area contributed by atoms with Gasteiger partial charge in [0.05, 0.1) is 12.2 Å². The van der Waals surface area contributed by atoms with E-state index in [1.807, 2.05) is 36.4 Å². The number of benzene rings is 2. The second-order valence-electron chi connectivity index (χ2n) is 8.33. The van der Waals surface area contributed by atoms with Crippen molar-refractivity contribution in [2.24, 2.45) is 0 Å². The number of fused-ring (bicyclic) bond motifs is 1. The first-order valence-corrected chi connectivity index (χ1v) is 12.1. The Morgan fingerprint density at radius 3 is 2.73 bits per heavy atom. The lowest BCUT2D eigenvalue weighted by Crippen LogP contribution is -2.48. The van der Waals surface area contributed by atoms with Crippen LogP contribution in [0.3, 0.4) is 0 Å². The van der Waals surface area contributed by atoms with Crippen LogP contribution in [0.25, 0.3) is 0 Å². The molecule has 0 saturated carbocycles. The Morgan fingerprint density at radius 1 is 1.15 bits per heavy atom. The Morgan fingerprint density at radius 2 is 1.94 bits per heavy atom. The van der Waals surface area contributed by atoms with Gasteiger partial charge >= 0.3 is 0 Å². The second-order valence-corrected chi connectivity index (χ2v) is 9.39. The molecule has 9 heteroatoms. The van der Waals surface area contributed by atoms with Crippen LogP contribution in [0.5, 0.6) is 0 Å². The first-order valence-electron chi connectivity index (χ1n) is 11.1. The van der Waals surface area contributed by atoms with Crippen LogP contribution >= 0.6 is 11.8 Å². The molecule has 0 radical (unpaired) electrons. The van der Waals surface area contributed by atoms with E-state index in [0.29, 0.717) is 12.3 Å². The van der Waals surface area contributed by atoms with Crippen LogP contribution in [0.4, 0.5) is 11.4 Å². The van der Waals surface area contributed by atoms with E-state index in [1.54, 1.807) is 28.4 Å². The standard InChI is InChI=1S/C24H26N6O2S/c1-28-20-10-9-18(29-11-5-6-12-29)13-21(20)33-15-19(24(28)32)26-23(31)22-25-16-30(27-22)14-17-7-3-2-4-8-17/h2-4,7-10,13,16,19H,5-6,11-12,14-15H2,1H3,(H,26,31)/t19-/m0/s1. The molecule has 1 saturated heterocycles. The summed E-state index contributed by atoms with van der Waals surface area (Å²) in [6.45, 7) is 2.67. The highest BCUT2D eigenvalue weighted by molar-refractivity contribution is 7.99. The number of carbonyl (C=O) groups is 2. The van der Waals surface area contributed by atoms with Crippen LogP contribution in [0.1, 0.15) is 29.0 Å². The topological polar surface area (TPSA) is 83.4 Å². The summed E-state index contributed by atoms with van der Waals surface area (Å²) in [6, 6.07) is 15.4. The molecule has 2 aliphatic heterocycles. The first kappa shape index (κ1) is 21.5. The lowest BCUT2D eigenvalue weighted by Gasteiger charge is -2.23. The lowest BCUT2D eigenvalue weighted by molar-refractivity contribution is -0.119. The molecule has 2 aromatic carbocycles. The number of amides is 2. The van der Waals surface area contributed by atoms with Crippen molar-refractivity contribution in [3.63, 3.8) is 0 Å². The van der Waals surface area contributed by atoms with Gasteiger partial charge in [-0.3, -0.25) is 9.59 Å². The summed E-state index contributed by atoms with van der Waals surface area (Å²) >= 11 is 1.59. The minimum absolute atomic E-state index is 0.0597. The fourth-order valence-electron chi connectivity index (χ4n) is 4.24. The van der Waals surface area contributed by atoms with Crippen LogP contribution in [-0.2, 0) is 11.3 Å². The van der Waals surface area contributed by atoms with Crippen molar-refractivity contribution in [2.75, 3.05) is 35.7 Å². The highest BCUT2D eigenvalue weighted by Gasteiger charge is 2.31. The minimum Gasteiger partial charge on any atom is -0.372 e. The number of rotatable bonds is 5. The van der Waals surface area contributed by atoms with E-state index in [1.165, 1.54) is 24.9 Å². The van der Waals surface area contributed by atoms with Crippen molar-refractivity contribution in [3.8, 4) is 0 Å². The van der Waals surface area contributed by atoms with Gasteiger partial charge in [0.25, 0.3) is 5.91 Å². The van der Waals surface area contributed by atoms with Gasteiger partial charge in [-0.2, -0.15) is 0 Å². The molecule has 5 rings (SSSR count). The van der Waals surface area contributed by atoms with Crippen LogP contribution in [0.15, 0.2) is 59.8 Å². The lowest BCUT2D eigenvalue weighted by atomic mass is 10.2. The molecule has 1 aromatic heterocycles. The zero-order valence-corrected chi connectivity index (χ0v) is 19.3. The molecule has 8 nitrogen and oxygen atoms in total. The van der Waals surface area contributed by atoms with Gasteiger partial charge in [0.1, 0.15) is 12.4 Å². The van der Waals surface area contributed by atoms with Gasteiger partial charge in [-0.15, -0.1) is 16.9 Å². The minimum atomic E-state index is -0.656. The molecule has 2 amide bonds. The average Bonchev–Trinajstić information content (AvgIpc) is 3.52. The normalized spacial score (nSPS) is 18.2. The molecule has 33 heavy (non-hydrogen) atoms. The third-order valence-electron chi connectivity index (χ3n) is 6.04. The van der Waals surface area contributed by atoms with E-state index in [4.69, 9.17) is 0 Å². The van der Waals surface area contributed by atoms with E-state index >= 15 is 0 Å². The maximum absolute atomic E-state index is 13.1. The number of hydrogen-bond acceptors (Lipinski definition) is 6. The second kappa shape index (κ2) is 9.27. The molecule has 1 fully saturated rings. The summed E-state index contributed by atoms with van der Waals surface area (Å²) in [4.78, 5) is 35.1. The van der Waals surface area contributed by atoms with Crippen molar-refractivity contribution in [1.29, 1.82) is 0 Å². The number of aromatic nitrogens is 3. The van der Waals surface area contributed by atoms with Crippen LogP contribution < -0.4 is 15.1 Å². The molecule has 0 aliphatic carbocycles. The van der Waals surface area contributed by atoms with Crippen LogP contribution in [-0.4, -0.2) is 58.5 Å². The highest BCUT2D eigenvalue weighted by Crippen LogP contribution is 2.37. The van der Waals surface area contributed by atoms with Crippen LogP contribution in [0, 0.1) is 0 Å². The molecule has 170 valence electrons. The third kappa shape index (κ3) is 4.59. The highest BCUT2D eigenvalue weighted by atomic mass is 32.2. The SMILES string of the molecule is CN1C(=O)[C@@H](NC(=O)c2ncn(Cc3ccccc3)n2)CSc2cc(N3CCCC3)ccc21. The molecule has 0 unspecified atom stereocenters. The van der Waals surface area contributed by atoms with Crippen LogP contribution in [0.2, 0.25) is 0 Å². The monoisotopic (exact) mass is 462 g/mol. The van der Waals surface area contributed by atoms with E-state index in [0.717, 1.165) is 29.2 Å². The van der Waals surface area contributed by atoms with Crippen molar-refractivity contribution in [1.82, 2.24) is 20.1 Å². The van der Waals surface area contributed by atoms with Gasteiger partial charge in [0.15, 0.2) is 0 Å². The van der Waals surface area contributed by atoms with Crippen molar-refractivity contribution in [2.45, 2.75) is 30.3 Å². The smallest absolute Gasteiger partial charge is 0.291 e. The molecular weight excluding hydrogens is 436 g/mol. The van der Waals surface area contributed by atoms with Crippen molar-refractivity contribution >= 4 is 35.0 Å². The van der Waals surface area contributed by atoms with Gasteiger partial charge in [-0.05, 0) is 36.6 Å². The Kier molecular flexibility index (Phi) is 6.04. The summed E-state index contributed by atoms with van der Waals surface area (Å²) in [7, 11) is 1.76. The van der Waals surface area contributed by atoms with Crippen molar-refractivity contribution < 1.29 is 9.59 Å². The first-order chi connectivity index (χ1) is 16.1. The summed E-state index contributed by atoms with van der Waals surface area (Å²) < 4.78 is 1.62. The van der Waals surface area contributed by atoms with E-state index < -0.39 is 11.9 Å². The summed E-state index contributed by atoms with van der Waals surface area (Å²) in [6.07, 6.45) is 3.96. The van der Waals surface area contributed by atoms with E-state index in [2.05, 4.69) is 32.4 Å². The summed E-state index contributed by atoms with van der Waals surface area (Å²) in [5.41, 5.74) is 3.13. The largest absolute Gasteiger partial charge is 0.372 e. The number of nitrogens with one attached hydrogen (secondary N) is 1. The van der Waals surface area contributed by atoms with Gasteiger partial charge in [-0.1, -0.05) is 30.3 Å². The molecule has 1 atom stereocenters. The Bertz CT molecular complexity index is 1160. The Hall–Kier alpha value is -3.33. The number of hydrogen-bond donors (Lipinski definition) is 1.